The third kappa shape index (κ3) is 62.8. The largest absolute Gasteiger partial charge is 0.472 e. The molecule has 0 fully saturated rings. The molecule has 0 aliphatic rings. The molecule has 0 rings (SSSR count). The van der Waals surface area contributed by atoms with E-state index in [1.165, 1.54) is 173 Å². The van der Waals surface area contributed by atoms with E-state index in [9.17, 15) is 43.2 Å². The lowest BCUT2D eigenvalue weighted by Crippen LogP contribution is -2.30. The molecule has 0 bridgehead atoms. The molecule has 0 saturated carbocycles. The molecule has 0 radical (unpaired) electrons. The fraction of sp³-hybridized carbons (Fsp3) is 0.942. The van der Waals surface area contributed by atoms with Gasteiger partial charge in [0.2, 0.25) is 0 Å². The third-order valence-electron chi connectivity index (χ3n) is 16.0. The Morgan fingerprint density at radius 2 is 0.523 bits per heavy atom. The Balaban J connectivity index is 5.15. The summed E-state index contributed by atoms with van der Waals surface area (Å²) in [5.74, 6) is -1.34. The van der Waals surface area contributed by atoms with Crippen LogP contribution in [0.15, 0.2) is 0 Å². The lowest BCUT2D eigenvalue weighted by Gasteiger charge is -2.21. The van der Waals surface area contributed by atoms with Crippen LogP contribution < -0.4 is 0 Å². The number of carbonyl (C=O) groups excluding carboxylic acids is 4. The standard InChI is InChI=1S/C69H134O17P2/c1-6-9-12-15-17-19-21-22-23-24-25-28-32-36-40-45-50-55-69(74)86-65(59-80-67(72)53-48-43-38-35-31-29-26-27-30-33-37-42-46-51-62(4)5)61-84-88(77,78)82-57-63(70)56-81-87(75,76)83-60-64(58-79-66(71)52-47-41-14-11-8-3)85-68(73)54-49-44-39-34-20-18-16-13-10-7-2/h62-65,70H,6-61H2,1-5H3,(H,75,76)(H,77,78)/t63-,64+,65+/m0/s1. The normalized spacial score (nSPS) is 14.1. The first-order valence-electron chi connectivity index (χ1n) is 36.1. The zero-order valence-corrected chi connectivity index (χ0v) is 58.6. The summed E-state index contributed by atoms with van der Waals surface area (Å²) in [5.41, 5.74) is 0. The van der Waals surface area contributed by atoms with Crippen molar-refractivity contribution in [1.29, 1.82) is 0 Å². The van der Waals surface area contributed by atoms with Crippen LogP contribution >= 0.6 is 15.6 Å². The Hall–Kier alpha value is -1.94. The zero-order valence-electron chi connectivity index (χ0n) is 56.9. The number of unbranched alkanes of at least 4 members (excludes halogenated alkanes) is 41. The molecule has 0 aromatic heterocycles. The highest BCUT2D eigenvalue weighted by molar-refractivity contribution is 7.47. The van der Waals surface area contributed by atoms with Gasteiger partial charge in [0.25, 0.3) is 0 Å². The van der Waals surface area contributed by atoms with Crippen molar-refractivity contribution in [2.45, 2.75) is 374 Å². The van der Waals surface area contributed by atoms with E-state index in [-0.39, 0.29) is 25.7 Å². The molecule has 0 aliphatic carbocycles. The number of phosphoric acid groups is 2. The third-order valence-corrected chi connectivity index (χ3v) is 17.9. The van der Waals surface area contributed by atoms with Gasteiger partial charge in [0.05, 0.1) is 26.4 Å². The van der Waals surface area contributed by atoms with E-state index in [0.29, 0.717) is 25.7 Å². The van der Waals surface area contributed by atoms with E-state index in [1.54, 1.807) is 0 Å². The van der Waals surface area contributed by atoms with Crippen LogP contribution in [0.3, 0.4) is 0 Å². The molecule has 0 heterocycles. The topological polar surface area (TPSA) is 237 Å². The second-order valence-corrected chi connectivity index (χ2v) is 28.3. The molecule has 0 saturated heterocycles. The molecule has 0 amide bonds. The molecule has 522 valence electrons. The molecule has 0 aliphatic heterocycles. The summed E-state index contributed by atoms with van der Waals surface area (Å²) >= 11 is 0. The second kappa shape index (κ2) is 62.5. The Morgan fingerprint density at radius 3 is 0.773 bits per heavy atom. The van der Waals surface area contributed by atoms with E-state index >= 15 is 0 Å². The van der Waals surface area contributed by atoms with Crippen LogP contribution in [-0.4, -0.2) is 96.7 Å². The predicted octanol–water partition coefficient (Wildman–Crippen LogP) is 19.7. The molecule has 3 N–H and O–H groups in total. The van der Waals surface area contributed by atoms with Gasteiger partial charge in [-0.25, -0.2) is 9.13 Å². The van der Waals surface area contributed by atoms with Crippen molar-refractivity contribution < 1.29 is 80.2 Å². The van der Waals surface area contributed by atoms with Crippen LogP contribution in [0.2, 0.25) is 0 Å². The molecule has 0 aromatic rings. The van der Waals surface area contributed by atoms with E-state index < -0.39 is 97.5 Å². The number of rotatable bonds is 69. The fourth-order valence-corrected chi connectivity index (χ4v) is 12.0. The minimum Gasteiger partial charge on any atom is -0.462 e. The van der Waals surface area contributed by atoms with Crippen molar-refractivity contribution in [3.8, 4) is 0 Å². The first-order chi connectivity index (χ1) is 42.5. The van der Waals surface area contributed by atoms with Crippen LogP contribution in [0.25, 0.3) is 0 Å². The lowest BCUT2D eigenvalue weighted by atomic mass is 10.0. The van der Waals surface area contributed by atoms with Crippen molar-refractivity contribution in [2.75, 3.05) is 39.6 Å². The van der Waals surface area contributed by atoms with E-state index in [2.05, 4.69) is 34.6 Å². The molecule has 19 heteroatoms. The Kier molecular flexibility index (Phi) is 61.1. The first-order valence-corrected chi connectivity index (χ1v) is 39.1. The van der Waals surface area contributed by atoms with Gasteiger partial charge < -0.3 is 33.8 Å². The summed E-state index contributed by atoms with van der Waals surface area (Å²) in [6, 6.07) is 0. The Bertz CT molecular complexity index is 1700. The SMILES string of the molecule is CCCCCCCCCCCCCCCCCCCC(=O)O[C@H](COC(=O)CCCCCCCCCCCCCCCC(C)C)COP(=O)(O)OC[C@@H](O)COP(=O)(O)OC[C@@H](COC(=O)CCCCCCC)OC(=O)CCCCCCCCCCCC. The number of phosphoric ester groups is 2. The van der Waals surface area contributed by atoms with Gasteiger partial charge in [-0.1, -0.05) is 304 Å². The maximum Gasteiger partial charge on any atom is 0.472 e. The van der Waals surface area contributed by atoms with Crippen molar-refractivity contribution in [3.63, 3.8) is 0 Å². The highest BCUT2D eigenvalue weighted by Gasteiger charge is 2.30. The average Bonchev–Trinajstić information content (AvgIpc) is 3.61. The van der Waals surface area contributed by atoms with Gasteiger partial charge in [0.1, 0.15) is 19.3 Å². The average molecular weight is 1300 g/mol. The highest BCUT2D eigenvalue weighted by atomic mass is 31.2. The molecule has 0 spiro atoms. The van der Waals surface area contributed by atoms with Crippen LogP contribution in [0, 0.1) is 5.92 Å². The maximum absolute atomic E-state index is 13.0. The minimum absolute atomic E-state index is 0.106. The van der Waals surface area contributed by atoms with Crippen LogP contribution in [-0.2, 0) is 65.4 Å². The maximum atomic E-state index is 13.0. The molecule has 2 unspecified atom stereocenters. The molecule has 88 heavy (non-hydrogen) atoms. The summed E-state index contributed by atoms with van der Waals surface area (Å²) in [6.07, 6.45) is 48.9. The van der Waals surface area contributed by atoms with Crippen molar-refractivity contribution in [1.82, 2.24) is 0 Å². The van der Waals surface area contributed by atoms with E-state index in [0.717, 1.165) is 102 Å². The van der Waals surface area contributed by atoms with Gasteiger partial charge >= 0.3 is 39.5 Å². The van der Waals surface area contributed by atoms with Gasteiger partial charge in [0, 0.05) is 25.7 Å². The van der Waals surface area contributed by atoms with Gasteiger partial charge in [-0.15, -0.1) is 0 Å². The van der Waals surface area contributed by atoms with E-state index in [4.69, 9.17) is 37.0 Å². The summed E-state index contributed by atoms with van der Waals surface area (Å²) in [4.78, 5) is 72.2. The minimum atomic E-state index is -4.95. The molecule has 5 atom stereocenters. The molecule has 0 aromatic carbocycles. The number of aliphatic hydroxyl groups excluding tert-OH is 1. The van der Waals surface area contributed by atoms with Crippen LogP contribution in [0.1, 0.15) is 356 Å². The predicted molar refractivity (Wildman–Crippen MR) is 354 cm³/mol. The number of hydrogen-bond donors (Lipinski definition) is 3. The highest BCUT2D eigenvalue weighted by Crippen LogP contribution is 2.45. The second-order valence-electron chi connectivity index (χ2n) is 25.4. The number of aliphatic hydroxyl groups is 1. The van der Waals surface area contributed by atoms with Crippen LogP contribution in [0.4, 0.5) is 0 Å². The van der Waals surface area contributed by atoms with Crippen molar-refractivity contribution in [3.05, 3.63) is 0 Å². The van der Waals surface area contributed by atoms with Crippen molar-refractivity contribution >= 4 is 39.5 Å². The Morgan fingerprint density at radius 1 is 0.307 bits per heavy atom. The van der Waals surface area contributed by atoms with E-state index in [1.807, 2.05) is 0 Å². The summed E-state index contributed by atoms with van der Waals surface area (Å²) in [6.45, 7) is 7.16. The number of ether oxygens (including phenoxy) is 4. The lowest BCUT2D eigenvalue weighted by molar-refractivity contribution is -0.161. The quantitative estimate of drug-likeness (QED) is 0.0222. The smallest absolute Gasteiger partial charge is 0.462 e. The molecular formula is C69H134O17P2. The summed E-state index contributed by atoms with van der Waals surface area (Å²) in [5, 5.41) is 10.5. The fourth-order valence-electron chi connectivity index (χ4n) is 10.5. The first kappa shape index (κ1) is 86.1. The van der Waals surface area contributed by atoms with Gasteiger partial charge in [-0.2, -0.15) is 0 Å². The van der Waals surface area contributed by atoms with Gasteiger partial charge in [-0.3, -0.25) is 37.3 Å². The van der Waals surface area contributed by atoms with Gasteiger partial charge in [0.15, 0.2) is 12.2 Å². The number of carbonyl (C=O) groups is 4. The number of esters is 4. The molecular weight excluding hydrogens is 1160 g/mol. The molecule has 17 nitrogen and oxygen atoms in total. The monoisotopic (exact) mass is 1300 g/mol. The zero-order chi connectivity index (χ0) is 64.9. The summed E-state index contributed by atoms with van der Waals surface area (Å²) in [7, 11) is -9.89. The van der Waals surface area contributed by atoms with Gasteiger partial charge in [-0.05, 0) is 31.6 Å². The van der Waals surface area contributed by atoms with Crippen molar-refractivity contribution in [2.24, 2.45) is 5.92 Å². The number of hydrogen-bond acceptors (Lipinski definition) is 15. The van der Waals surface area contributed by atoms with Crippen LogP contribution in [0.5, 0.6) is 0 Å². The Labute approximate surface area is 537 Å². The summed E-state index contributed by atoms with van der Waals surface area (Å²) < 4.78 is 68.0.